The minimum atomic E-state index is -1.28. The van der Waals surface area contributed by atoms with Crippen LogP contribution in [0.1, 0.15) is 29.6 Å². The summed E-state index contributed by atoms with van der Waals surface area (Å²) in [6, 6.07) is 4.33. The topological polar surface area (TPSA) is 92.5 Å². The number of thioether (sulfide) groups is 1. The summed E-state index contributed by atoms with van der Waals surface area (Å²) in [6.07, 6.45) is 3.48. The van der Waals surface area contributed by atoms with Crippen molar-refractivity contribution >= 4 is 29.1 Å². The molecule has 1 aliphatic rings. The van der Waals surface area contributed by atoms with Crippen molar-refractivity contribution in [2.45, 2.75) is 24.5 Å². The molecule has 0 aliphatic carbocycles. The average molecular weight is 296 g/mol. The number of carbonyl (C=O) groups is 1. The van der Waals surface area contributed by atoms with Crippen LogP contribution in [0, 0.1) is 10.1 Å². The number of carboxylic acid groups (broad SMARTS) is 1. The zero-order chi connectivity index (χ0) is 14.5. The van der Waals surface area contributed by atoms with Gasteiger partial charge < -0.3 is 10.4 Å². The van der Waals surface area contributed by atoms with Gasteiger partial charge in [-0.05, 0) is 30.7 Å². The lowest BCUT2D eigenvalue weighted by Crippen LogP contribution is -2.20. The number of carboxylic acids is 1. The molecule has 1 saturated heterocycles. The molecule has 2 rings (SSSR count). The Morgan fingerprint density at radius 1 is 1.50 bits per heavy atom. The minimum absolute atomic E-state index is 0.279. The van der Waals surface area contributed by atoms with Crippen LogP contribution >= 0.6 is 11.8 Å². The van der Waals surface area contributed by atoms with Gasteiger partial charge in [-0.25, -0.2) is 4.79 Å². The van der Waals surface area contributed by atoms with Gasteiger partial charge in [-0.1, -0.05) is 12.5 Å². The molecule has 0 amide bonds. The molecule has 1 atom stereocenters. The van der Waals surface area contributed by atoms with Crippen LogP contribution in [-0.4, -0.2) is 33.5 Å². The first-order valence-corrected chi connectivity index (χ1v) is 7.50. The minimum Gasteiger partial charge on any atom is -0.477 e. The standard InChI is InChI=1S/C13H16N2O4S/c16-13(17)10-5-3-6-11(12(10)15(18)19)14-8-9-4-1-2-7-20-9/h3,5-6,9,14H,1-2,4,7-8H2,(H,16,17). The van der Waals surface area contributed by atoms with Crippen LogP contribution in [0.2, 0.25) is 0 Å². The Morgan fingerprint density at radius 2 is 2.30 bits per heavy atom. The fraction of sp³-hybridized carbons (Fsp3) is 0.462. The number of nitrogens with one attached hydrogen (secondary N) is 1. The molecule has 0 spiro atoms. The zero-order valence-electron chi connectivity index (χ0n) is 10.9. The van der Waals surface area contributed by atoms with Crippen LogP contribution in [0.25, 0.3) is 0 Å². The molecule has 1 unspecified atom stereocenters. The Bertz CT molecular complexity index is 515. The molecule has 0 bridgehead atoms. The number of nitro groups is 1. The summed E-state index contributed by atoms with van der Waals surface area (Å²) in [7, 11) is 0. The molecule has 6 nitrogen and oxygen atoms in total. The lowest BCUT2D eigenvalue weighted by molar-refractivity contribution is -0.384. The van der Waals surface area contributed by atoms with E-state index in [-0.39, 0.29) is 16.9 Å². The summed E-state index contributed by atoms with van der Waals surface area (Å²) >= 11 is 1.86. The first-order chi connectivity index (χ1) is 9.59. The van der Waals surface area contributed by atoms with Crippen LogP contribution in [-0.2, 0) is 0 Å². The maximum atomic E-state index is 11.1. The number of benzene rings is 1. The monoisotopic (exact) mass is 296 g/mol. The molecule has 7 heteroatoms. The molecular formula is C13H16N2O4S. The van der Waals surface area contributed by atoms with Crippen molar-refractivity contribution < 1.29 is 14.8 Å². The zero-order valence-corrected chi connectivity index (χ0v) is 11.7. The van der Waals surface area contributed by atoms with Gasteiger partial charge in [0, 0.05) is 11.8 Å². The number of aromatic carboxylic acids is 1. The average Bonchev–Trinajstić information content (AvgIpc) is 2.45. The first kappa shape index (κ1) is 14.6. The molecule has 0 aromatic heterocycles. The van der Waals surface area contributed by atoms with Crippen molar-refractivity contribution in [3.63, 3.8) is 0 Å². The highest BCUT2D eigenvalue weighted by molar-refractivity contribution is 7.99. The van der Waals surface area contributed by atoms with Gasteiger partial charge in [-0.2, -0.15) is 11.8 Å². The van der Waals surface area contributed by atoms with E-state index in [1.165, 1.54) is 25.0 Å². The first-order valence-electron chi connectivity index (χ1n) is 6.45. The summed E-state index contributed by atoms with van der Waals surface area (Å²) in [6.45, 7) is 0.620. The number of nitro benzene ring substituents is 1. The van der Waals surface area contributed by atoms with Crippen molar-refractivity contribution in [2.75, 3.05) is 17.6 Å². The molecule has 0 radical (unpaired) electrons. The van der Waals surface area contributed by atoms with E-state index in [4.69, 9.17) is 5.11 Å². The second-order valence-corrected chi connectivity index (χ2v) is 6.04. The Morgan fingerprint density at radius 3 is 2.90 bits per heavy atom. The van der Waals surface area contributed by atoms with Gasteiger partial charge in [-0.3, -0.25) is 10.1 Å². The highest BCUT2D eigenvalue weighted by Gasteiger charge is 2.24. The van der Waals surface area contributed by atoms with Gasteiger partial charge in [-0.15, -0.1) is 0 Å². The lowest BCUT2D eigenvalue weighted by Gasteiger charge is -2.21. The van der Waals surface area contributed by atoms with Crippen molar-refractivity contribution in [3.8, 4) is 0 Å². The number of hydrogen-bond donors (Lipinski definition) is 2. The second-order valence-electron chi connectivity index (χ2n) is 4.63. The number of hydrogen-bond acceptors (Lipinski definition) is 5. The molecule has 1 aliphatic heterocycles. The highest BCUT2D eigenvalue weighted by Crippen LogP contribution is 2.30. The van der Waals surface area contributed by atoms with E-state index in [0.717, 1.165) is 12.2 Å². The van der Waals surface area contributed by atoms with Crippen LogP contribution in [0.15, 0.2) is 18.2 Å². The smallest absolute Gasteiger partial charge is 0.342 e. The van der Waals surface area contributed by atoms with E-state index in [1.54, 1.807) is 6.07 Å². The molecule has 1 aromatic carbocycles. The van der Waals surface area contributed by atoms with Gasteiger partial charge in [0.1, 0.15) is 11.3 Å². The number of nitrogens with zero attached hydrogens (tertiary/aromatic N) is 1. The predicted molar refractivity (Wildman–Crippen MR) is 78.6 cm³/mol. The Balaban J connectivity index is 2.16. The molecule has 108 valence electrons. The van der Waals surface area contributed by atoms with E-state index in [0.29, 0.717) is 11.8 Å². The fourth-order valence-electron chi connectivity index (χ4n) is 2.25. The number of rotatable bonds is 5. The second kappa shape index (κ2) is 6.60. The quantitative estimate of drug-likeness (QED) is 0.641. The predicted octanol–water partition coefficient (Wildman–Crippen LogP) is 2.99. The molecule has 1 fully saturated rings. The van der Waals surface area contributed by atoms with Crippen molar-refractivity contribution in [1.29, 1.82) is 0 Å². The maximum absolute atomic E-state index is 11.1. The highest BCUT2D eigenvalue weighted by atomic mass is 32.2. The van der Waals surface area contributed by atoms with Gasteiger partial charge in [0.15, 0.2) is 0 Å². The molecular weight excluding hydrogens is 280 g/mol. The Labute approximate surface area is 120 Å². The molecule has 1 aromatic rings. The molecule has 0 saturated carbocycles. The van der Waals surface area contributed by atoms with Gasteiger partial charge in [0.25, 0.3) is 0 Å². The van der Waals surface area contributed by atoms with Crippen molar-refractivity contribution in [2.24, 2.45) is 0 Å². The van der Waals surface area contributed by atoms with E-state index in [1.807, 2.05) is 11.8 Å². The Hall–Kier alpha value is -1.76. The summed E-state index contributed by atoms with van der Waals surface area (Å²) in [5, 5.41) is 23.6. The largest absolute Gasteiger partial charge is 0.477 e. The third kappa shape index (κ3) is 3.41. The summed E-state index contributed by atoms with van der Waals surface area (Å²) < 4.78 is 0. The van der Waals surface area contributed by atoms with Crippen LogP contribution in [0.3, 0.4) is 0 Å². The molecule has 20 heavy (non-hydrogen) atoms. The van der Waals surface area contributed by atoms with Crippen molar-refractivity contribution in [3.05, 3.63) is 33.9 Å². The van der Waals surface area contributed by atoms with Crippen LogP contribution in [0.5, 0.6) is 0 Å². The fourth-order valence-corrected chi connectivity index (χ4v) is 3.49. The van der Waals surface area contributed by atoms with Crippen LogP contribution in [0.4, 0.5) is 11.4 Å². The summed E-state index contributed by atoms with van der Waals surface area (Å²) in [5.41, 5.74) is -0.363. The van der Waals surface area contributed by atoms with Gasteiger partial charge in [0.05, 0.1) is 4.92 Å². The normalized spacial score (nSPS) is 18.5. The lowest BCUT2D eigenvalue weighted by atomic mass is 10.1. The van der Waals surface area contributed by atoms with E-state index >= 15 is 0 Å². The third-order valence-electron chi connectivity index (χ3n) is 3.24. The van der Waals surface area contributed by atoms with Gasteiger partial charge in [0.2, 0.25) is 0 Å². The Kier molecular flexibility index (Phi) is 4.84. The van der Waals surface area contributed by atoms with Crippen LogP contribution < -0.4 is 5.32 Å². The van der Waals surface area contributed by atoms with E-state index < -0.39 is 10.9 Å². The summed E-state index contributed by atoms with van der Waals surface area (Å²) in [5.74, 6) is -0.170. The third-order valence-corrected chi connectivity index (χ3v) is 4.64. The maximum Gasteiger partial charge on any atom is 0.342 e. The molecule has 2 N–H and O–H groups in total. The number of anilines is 1. The molecule has 1 heterocycles. The van der Waals surface area contributed by atoms with E-state index in [2.05, 4.69) is 5.32 Å². The van der Waals surface area contributed by atoms with Gasteiger partial charge >= 0.3 is 11.7 Å². The summed E-state index contributed by atoms with van der Waals surface area (Å²) in [4.78, 5) is 21.5. The number of para-hydroxylation sites is 1. The van der Waals surface area contributed by atoms with Crippen molar-refractivity contribution in [1.82, 2.24) is 0 Å². The van der Waals surface area contributed by atoms with E-state index in [9.17, 15) is 14.9 Å². The SMILES string of the molecule is O=C(O)c1cccc(NCC2CCCCS2)c1[N+](=O)[O-].